The molecule has 1 atom stereocenters. The third-order valence-electron chi connectivity index (χ3n) is 5.18. The second-order valence-electron chi connectivity index (χ2n) is 7.41. The lowest BCUT2D eigenvalue weighted by molar-refractivity contribution is -0.141. The van der Waals surface area contributed by atoms with Gasteiger partial charge in [-0.2, -0.15) is 0 Å². The number of ether oxygens (including phenoxy) is 3. The van der Waals surface area contributed by atoms with Gasteiger partial charge in [0.15, 0.2) is 0 Å². The number of benzene rings is 1. The molecule has 1 aromatic carbocycles. The van der Waals surface area contributed by atoms with Crippen LogP contribution in [0.1, 0.15) is 24.6 Å². The molecule has 0 saturated carbocycles. The van der Waals surface area contributed by atoms with Gasteiger partial charge in [-0.3, -0.25) is 9.59 Å². The SMILES string of the molecule is COC(=O)CCC(=O)Nc1cc2c(Nc3nccc(C4CNCCO4)n3)ncnc2cc1OC. The molecule has 0 radical (unpaired) electrons. The van der Waals surface area contributed by atoms with Crippen LogP contribution < -0.4 is 20.7 Å². The quantitative estimate of drug-likeness (QED) is 0.416. The Bertz CT molecular complexity index is 1180. The standard InChI is InChI=1S/C22H25N7O5/c1-32-17-10-15-13(9-16(17)27-19(30)3-4-20(31)33-2)21(26-12-25-15)29-22-24-6-5-14(28-22)18-11-23-7-8-34-18/h5-6,9-10,12,18,23H,3-4,7-8,11H2,1-2H3,(H,27,30)(H,24,25,26,28,29). The number of nitrogens with zero attached hydrogens (tertiary/aromatic N) is 4. The molecule has 2 aromatic heterocycles. The van der Waals surface area contributed by atoms with Crippen LogP contribution in [0.5, 0.6) is 5.75 Å². The number of rotatable bonds is 8. The van der Waals surface area contributed by atoms with Crippen molar-refractivity contribution in [1.82, 2.24) is 25.3 Å². The molecule has 12 heteroatoms. The number of esters is 1. The topological polar surface area (TPSA) is 149 Å². The molecule has 0 spiro atoms. The lowest BCUT2D eigenvalue weighted by Crippen LogP contribution is -2.33. The van der Waals surface area contributed by atoms with Gasteiger partial charge in [-0.25, -0.2) is 19.9 Å². The van der Waals surface area contributed by atoms with Crippen molar-refractivity contribution < 1.29 is 23.8 Å². The fraction of sp³-hybridized carbons (Fsp3) is 0.364. The average molecular weight is 467 g/mol. The Hall–Kier alpha value is -3.90. The summed E-state index contributed by atoms with van der Waals surface area (Å²) in [5.74, 6) is 0.413. The number of methoxy groups -OCH3 is 2. The van der Waals surface area contributed by atoms with Gasteiger partial charge in [0.25, 0.3) is 0 Å². The van der Waals surface area contributed by atoms with Crippen LogP contribution in [0.2, 0.25) is 0 Å². The summed E-state index contributed by atoms with van der Waals surface area (Å²) in [4.78, 5) is 41.2. The molecule has 12 nitrogen and oxygen atoms in total. The minimum absolute atomic E-state index is 0.0248. The van der Waals surface area contributed by atoms with Crippen LogP contribution in [0.25, 0.3) is 10.9 Å². The Morgan fingerprint density at radius 1 is 1.21 bits per heavy atom. The van der Waals surface area contributed by atoms with E-state index in [0.29, 0.717) is 47.3 Å². The van der Waals surface area contributed by atoms with Gasteiger partial charge in [-0.1, -0.05) is 0 Å². The first-order valence-corrected chi connectivity index (χ1v) is 10.7. The second kappa shape index (κ2) is 10.8. The lowest BCUT2D eigenvalue weighted by atomic mass is 10.1. The Morgan fingerprint density at radius 2 is 2.09 bits per heavy atom. The number of fused-ring (bicyclic) bond motifs is 1. The summed E-state index contributed by atoms with van der Waals surface area (Å²) in [6.07, 6.45) is 2.86. The van der Waals surface area contributed by atoms with Crippen molar-refractivity contribution in [3.8, 4) is 5.75 Å². The number of aromatic nitrogens is 4. The van der Waals surface area contributed by atoms with E-state index in [-0.39, 0.29) is 24.9 Å². The van der Waals surface area contributed by atoms with Crippen LogP contribution >= 0.6 is 0 Å². The van der Waals surface area contributed by atoms with Gasteiger partial charge in [0.2, 0.25) is 11.9 Å². The van der Waals surface area contributed by atoms with Gasteiger partial charge in [-0.15, -0.1) is 0 Å². The van der Waals surface area contributed by atoms with Crippen molar-refractivity contribution in [2.75, 3.05) is 44.5 Å². The van der Waals surface area contributed by atoms with E-state index in [2.05, 4.69) is 40.6 Å². The molecule has 1 unspecified atom stereocenters. The highest BCUT2D eigenvalue weighted by Gasteiger charge is 2.18. The van der Waals surface area contributed by atoms with E-state index in [1.165, 1.54) is 20.5 Å². The van der Waals surface area contributed by atoms with E-state index >= 15 is 0 Å². The molecule has 0 bridgehead atoms. The van der Waals surface area contributed by atoms with Crippen molar-refractivity contribution in [1.29, 1.82) is 0 Å². The molecular formula is C22H25N7O5. The predicted octanol–water partition coefficient (Wildman–Crippen LogP) is 1.72. The van der Waals surface area contributed by atoms with E-state index < -0.39 is 5.97 Å². The Labute approximate surface area is 195 Å². The molecule has 1 amide bonds. The number of carbonyl (C=O) groups excluding carboxylic acids is 2. The first kappa shape index (κ1) is 23.3. The lowest BCUT2D eigenvalue weighted by Gasteiger charge is -2.23. The van der Waals surface area contributed by atoms with Crippen LogP contribution in [-0.2, 0) is 19.1 Å². The van der Waals surface area contributed by atoms with Crippen LogP contribution in [0.15, 0.2) is 30.7 Å². The summed E-state index contributed by atoms with van der Waals surface area (Å²) in [6.45, 7) is 2.10. The van der Waals surface area contributed by atoms with Crippen molar-refractivity contribution in [2.45, 2.75) is 18.9 Å². The average Bonchev–Trinajstić information content (AvgIpc) is 2.88. The smallest absolute Gasteiger partial charge is 0.306 e. The predicted molar refractivity (Wildman–Crippen MR) is 123 cm³/mol. The normalized spacial score (nSPS) is 15.5. The first-order chi connectivity index (χ1) is 16.6. The summed E-state index contributed by atoms with van der Waals surface area (Å²) in [6, 6.07) is 5.20. The number of anilines is 3. The molecule has 1 fully saturated rings. The van der Waals surface area contributed by atoms with Gasteiger partial charge >= 0.3 is 5.97 Å². The third kappa shape index (κ3) is 5.53. The number of nitrogens with one attached hydrogen (secondary N) is 3. The molecule has 4 rings (SSSR count). The molecule has 3 N–H and O–H groups in total. The maximum absolute atomic E-state index is 12.3. The molecule has 3 heterocycles. The fourth-order valence-corrected chi connectivity index (χ4v) is 3.45. The van der Waals surface area contributed by atoms with E-state index in [4.69, 9.17) is 9.47 Å². The van der Waals surface area contributed by atoms with E-state index in [1.54, 1.807) is 18.3 Å². The van der Waals surface area contributed by atoms with E-state index in [0.717, 1.165) is 12.2 Å². The van der Waals surface area contributed by atoms with Crippen molar-refractivity contribution >= 4 is 40.2 Å². The highest BCUT2D eigenvalue weighted by Crippen LogP contribution is 2.33. The zero-order valence-corrected chi connectivity index (χ0v) is 18.8. The van der Waals surface area contributed by atoms with Crippen molar-refractivity contribution in [2.24, 2.45) is 0 Å². The van der Waals surface area contributed by atoms with Gasteiger partial charge in [-0.05, 0) is 12.1 Å². The van der Waals surface area contributed by atoms with Gasteiger partial charge in [0, 0.05) is 37.2 Å². The maximum atomic E-state index is 12.3. The third-order valence-corrected chi connectivity index (χ3v) is 5.18. The summed E-state index contributed by atoms with van der Waals surface area (Å²) < 4.78 is 15.8. The number of morpholine rings is 1. The molecule has 0 aliphatic carbocycles. The van der Waals surface area contributed by atoms with Crippen LogP contribution in [0, 0.1) is 0 Å². The summed E-state index contributed by atoms with van der Waals surface area (Å²) in [7, 11) is 2.77. The van der Waals surface area contributed by atoms with Gasteiger partial charge in [0.1, 0.15) is 24.0 Å². The number of hydrogen-bond acceptors (Lipinski definition) is 11. The minimum atomic E-state index is -0.461. The van der Waals surface area contributed by atoms with E-state index in [9.17, 15) is 9.59 Å². The molecule has 1 aliphatic heterocycles. The summed E-state index contributed by atoms with van der Waals surface area (Å²) in [5, 5.41) is 9.80. The second-order valence-corrected chi connectivity index (χ2v) is 7.41. The maximum Gasteiger partial charge on any atom is 0.306 e. The largest absolute Gasteiger partial charge is 0.494 e. The number of carbonyl (C=O) groups is 2. The van der Waals surface area contributed by atoms with Gasteiger partial charge in [0.05, 0.1) is 44.1 Å². The molecule has 3 aromatic rings. The molecule has 34 heavy (non-hydrogen) atoms. The number of hydrogen-bond donors (Lipinski definition) is 3. The fourth-order valence-electron chi connectivity index (χ4n) is 3.45. The minimum Gasteiger partial charge on any atom is -0.494 e. The highest BCUT2D eigenvalue weighted by atomic mass is 16.5. The molecule has 1 aliphatic rings. The molecule has 178 valence electrons. The zero-order valence-electron chi connectivity index (χ0n) is 18.8. The number of amides is 1. The van der Waals surface area contributed by atoms with Gasteiger partial charge < -0.3 is 30.2 Å². The van der Waals surface area contributed by atoms with Crippen LogP contribution in [-0.4, -0.2) is 65.7 Å². The zero-order chi connectivity index (χ0) is 23.9. The van der Waals surface area contributed by atoms with Crippen LogP contribution in [0.3, 0.4) is 0 Å². The van der Waals surface area contributed by atoms with E-state index in [1.807, 2.05) is 6.07 Å². The first-order valence-electron chi connectivity index (χ1n) is 10.7. The monoisotopic (exact) mass is 467 g/mol. The Morgan fingerprint density at radius 3 is 2.85 bits per heavy atom. The van der Waals surface area contributed by atoms with Crippen molar-refractivity contribution in [3.05, 3.63) is 36.4 Å². The Balaban J connectivity index is 1.59. The highest BCUT2D eigenvalue weighted by molar-refractivity contribution is 6.00. The Kier molecular flexibility index (Phi) is 7.40. The molecular weight excluding hydrogens is 442 g/mol. The van der Waals surface area contributed by atoms with Crippen molar-refractivity contribution in [3.63, 3.8) is 0 Å². The summed E-state index contributed by atoms with van der Waals surface area (Å²) in [5.41, 5.74) is 1.76. The van der Waals surface area contributed by atoms with Crippen LogP contribution in [0.4, 0.5) is 17.5 Å². The molecule has 1 saturated heterocycles. The summed E-state index contributed by atoms with van der Waals surface area (Å²) >= 11 is 0.